The monoisotopic (exact) mass is 156 g/mol. The van der Waals surface area contributed by atoms with Gasteiger partial charge in [-0.15, -0.1) is 0 Å². The number of nitrogens with one attached hydrogen (secondary N) is 1. The second-order valence-corrected chi connectivity index (χ2v) is 3.42. The highest BCUT2D eigenvalue weighted by Gasteiger charge is 1.91. The second-order valence-electron chi connectivity index (χ2n) is 2.02. The summed E-state index contributed by atoms with van der Waals surface area (Å²) in [5.41, 5.74) is 1.24. The van der Waals surface area contributed by atoms with Crippen LogP contribution < -0.4 is 0 Å². The van der Waals surface area contributed by atoms with Crippen LogP contribution >= 0.6 is 11.8 Å². The van der Waals surface area contributed by atoms with Gasteiger partial charge in [0.05, 0.1) is 6.33 Å². The van der Waals surface area contributed by atoms with Crippen LogP contribution in [-0.2, 0) is 6.42 Å². The molecule has 0 atom stereocenters. The smallest absolute Gasteiger partial charge is 0.0921 e. The maximum absolute atomic E-state index is 3.94. The number of aromatic amines is 1. The highest BCUT2D eigenvalue weighted by atomic mass is 32.2. The van der Waals surface area contributed by atoms with Crippen LogP contribution in [0.15, 0.2) is 12.5 Å². The molecule has 0 aromatic carbocycles. The van der Waals surface area contributed by atoms with Crippen molar-refractivity contribution in [3.8, 4) is 0 Å². The molecule has 1 aromatic heterocycles. The van der Waals surface area contributed by atoms with Gasteiger partial charge >= 0.3 is 0 Å². The Hall–Kier alpha value is -0.440. The van der Waals surface area contributed by atoms with Crippen molar-refractivity contribution in [2.45, 2.75) is 13.3 Å². The van der Waals surface area contributed by atoms with Gasteiger partial charge in [-0.05, 0) is 17.9 Å². The van der Waals surface area contributed by atoms with Crippen molar-refractivity contribution in [1.82, 2.24) is 9.97 Å². The Morgan fingerprint density at radius 2 is 2.60 bits per heavy atom. The molecular weight excluding hydrogens is 144 g/mol. The van der Waals surface area contributed by atoms with Crippen molar-refractivity contribution < 1.29 is 0 Å². The SMILES string of the molecule is CCSCCc1cnc[nH]1. The van der Waals surface area contributed by atoms with Crippen molar-refractivity contribution >= 4 is 11.8 Å². The van der Waals surface area contributed by atoms with Gasteiger partial charge in [-0.1, -0.05) is 6.92 Å². The number of H-pyrrole nitrogens is 1. The van der Waals surface area contributed by atoms with E-state index < -0.39 is 0 Å². The van der Waals surface area contributed by atoms with E-state index in [1.165, 1.54) is 17.2 Å². The Morgan fingerprint density at radius 3 is 3.20 bits per heavy atom. The predicted molar refractivity (Wildman–Crippen MR) is 45.3 cm³/mol. The largest absolute Gasteiger partial charge is 0.348 e. The summed E-state index contributed by atoms with van der Waals surface area (Å²) in [4.78, 5) is 7.01. The molecule has 3 heteroatoms. The van der Waals surface area contributed by atoms with Gasteiger partial charge in [0.25, 0.3) is 0 Å². The number of imidazole rings is 1. The number of aryl methyl sites for hydroxylation is 1. The maximum Gasteiger partial charge on any atom is 0.0921 e. The summed E-state index contributed by atoms with van der Waals surface area (Å²) in [6.07, 6.45) is 4.72. The third-order valence-electron chi connectivity index (χ3n) is 1.27. The molecule has 0 aliphatic rings. The van der Waals surface area contributed by atoms with E-state index in [0.29, 0.717) is 0 Å². The van der Waals surface area contributed by atoms with Crippen LogP contribution in [0.3, 0.4) is 0 Å². The maximum atomic E-state index is 3.94. The van der Waals surface area contributed by atoms with Gasteiger partial charge in [-0.3, -0.25) is 0 Å². The van der Waals surface area contributed by atoms with Crippen LogP contribution in [0.1, 0.15) is 12.6 Å². The average molecular weight is 156 g/mol. The molecular formula is C7H12N2S. The number of hydrogen-bond acceptors (Lipinski definition) is 2. The zero-order valence-corrected chi connectivity index (χ0v) is 6.95. The lowest BCUT2D eigenvalue weighted by atomic mass is 10.4. The molecule has 0 unspecified atom stereocenters. The molecule has 0 aliphatic carbocycles. The van der Waals surface area contributed by atoms with E-state index in [1.807, 2.05) is 18.0 Å². The molecule has 10 heavy (non-hydrogen) atoms. The molecule has 0 spiro atoms. The first kappa shape index (κ1) is 7.66. The van der Waals surface area contributed by atoms with Crippen molar-refractivity contribution in [2.75, 3.05) is 11.5 Å². The van der Waals surface area contributed by atoms with Gasteiger partial charge in [0.15, 0.2) is 0 Å². The van der Waals surface area contributed by atoms with Crippen molar-refractivity contribution in [3.63, 3.8) is 0 Å². The van der Waals surface area contributed by atoms with E-state index in [-0.39, 0.29) is 0 Å². The van der Waals surface area contributed by atoms with Crippen molar-refractivity contribution in [3.05, 3.63) is 18.2 Å². The fraction of sp³-hybridized carbons (Fsp3) is 0.571. The average Bonchev–Trinajstić information content (AvgIpc) is 2.41. The topological polar surface area (TPSA) is 28.7 Å². The summed E-state index contributed by atoms with van der Waals surface area (Å²) in [7, 11) is 0. The minimum absolute atomic E-state index is 1.11. The van der Waals surface area contributed by atoms with Crippen LogP contribution in [0.5, 0.6) is 0 Å². The molecule has 0 radical (unpaired) electrons. The minimum atomic E-state index is 1.11. The zero-order valence-electron chi connectivity index (χ0n) is 6.13. The van der Waals surface area contributed by atoms with E-state index in [2.05, 4.69) is 16.9 Å². The fourth-order valence-corrected chi connectivity index (χ4v) is 1.40. The predicted octanol–water partition coefficient (Wildman–Crippen LogP) is 1.71. The normalized spacial score (nSPS) is 10.1. The molecule has 0 bridgehead atoms. The number of aromatic nitrogens is 2. The van der Waals surface area contributed by atoms with Crippen LogP contribution in [0.2, 0.25) is 0 Å². The van der Waals surface area contributed by atoms with Gasteiger partial charge in [-0.25, -0.2) is 4.98 Å². The van der Waals surface area contributed by atoms with Crippen molar-refractivity contribution in [2.24, 2.45) is 0 Å². The lowest BCUT2D eigenvalue weighted by molar-refractivity contribution is 1.08. The van der Waals surface area contributed by atoms with Crippen molar-refractivity contribution in [1.29, 1.82) is 0 Å². The molecule has 2 nitrogen and oxygen atoms in total. The summed E-state index contributed by atoms with van der Waals surface area (Å²) >= 11 is 1.96. The summed E-state index contributed by atoms with van der Waals surface area (Å²) in [5, 5.41) is 0. The first-order chi connectivity index (χ1) is 4.93. The lowest BCUT2D eigenvalue weighted by Crippen LogP contribution is -1.87. The molecule has 0 saturated carbocycles. The van der Waals surface area contributed by atoms with Crippen LogP contribution in [-0.4, -0.2) is 21.5 Å². The van der Waals surface area contributed by atoms with Crippen LogP contribution in [0, 0.1) is 0 Å². The van der Waals surface area contributed by atoms with Crippen LogP contribution in [0.4, 0.5) is 0 Å². The molecule has 0 saturated heterocycles. The molecule has 1 N–H and O–H groups in total. The summed E-state index contributed by atoms with van der Waals surface area (Å²) in [5.74, 6) is 2.40. The molecule has 0 fully saturated rings. The number of thioether (sulfide) groups is 1. The second kappa shape index (κ2) is 4.39. The Bertz CT molecular complexity index is 160. The van der Waals surface area contributed by atoms with E-state index in [0.717, 1.165) is 6.42 Å². The quantitative estimate of drug-likeness (QED) is 0.672. The van der Waals surface area contributed by atoms with E-state index in [9.17, 15) is 0 Å². The molecule has 0 amide bonds. The third-order valence-corrected chi connectivity index (χ3v) is 2.18. The number of rotatable bonds is 4. The van der Waals surface area contributed by atoms with Gasteiger partial charge < -0.3 is 4.98 Å². The molecule has 56 valence electrons. The van der Waals surface area contributed by atoms with E-state index >= 15 is 0 Å². The molecule has 1 rings (SSSR count). The fourth-order valence-electron chi connectivity index (χ4n) is 0.748. The summed E-state index contributed by atoms with van der Waals surface area (Å²) in [6, 6.07) is 0. The molecule has 1 aromatic rings. The first-order valence-electron chi connectivity index (χ1n) is 3.48. The first-order valence-corrected chi connectivity index (χ1v) is 4.64. The van der Waals surface area contributed by atoms with Gasteiger partial charge in [0.2, 0.25) is 0 Å². The summed E-state index contributed by atoms with van der Waals surface area (Å²) < 4.78 is 0. The highest BCUT2D eigenvalue weighted by Crippen LogP contribution is 2.02. The Balaban J connectivity index is 2.15. The summed E-state index contributed by atoms with van der Waals surface area (Å²) in [6.45, 7) is 2.18. The number of nitrogens with zero attached hydrogens (tertiary/aromatic N) is 1. The Morgan fingerprint density at radius 1 is 1.70 bits per heavy atom. The standard InChI is InChI=1S/C7H12N2S/c1-2-10-4-3-7-5-8-6-9-7/h5-6H,2-4H2,1H3,(H,8,9). The molecule has 0 aliphatic heterocycles. The highest BCUT2D eigenvalue weighted by molar-refractivity contribution is 7.99. The third kappa shape index (κ3) is 2.43. The van der Waals surface area contributed by atoms with Gasteiger partial charge in [0, 0.05) is 11.9 Å². The molecule has 1 heterocycles. The van der Waals surface area contributed by atoms with Crippen LogP contribution in [0.25, 0.3) is 0 Å². The Kier molecular flexibility index (Phi) is 3.36. The lowest BCUT2D eigenvalue weighted by Gasteiger charge is -1.93. The minimum Gasteiger partial charge on any atom is -0.348 e. The number of hydrogen-bond donors (Lipinski definition) is 1. The van der Waals surface area contributed by atoms with Gasteiger partial charge in [0.1, 0.15) is 0 Å². The Labute approximate surface area is 65.4 Å². The van der Waals surface area contributed by atoms with E-state index in [1.54, 1.807) is 6.33 Å². The van der Waals surface area contributed by atoms with E-state index in [4.69, 9.17) is 0 Å². The van der Waals surface area contributed by atoms with Gasteiger partial charge in [-0.2, -0.15) is 11.8 Å². The zero-order chi connectivity index (χ0) is 7.23.